The highest BCUT2D eigenvalue weighted by molar-refractivity contribution is 5.39. The van der Waals surface area contributed by atoms with Crippen LogP contribution >= 0.6 is 0 Å². The van der Waals surface area contributed by atoms with Gasteiger partial charge in [0.05, 0.1) is 5.56 Å². The molecule has 16 heavy (non-hydrogen) atoms. The fourth-order valence-corrected chi connectivity index (χ4v) is 1.54. The molecule has 0 aliphatic carbocycles. The molecular weight excluding hydrogens is 219 g/mol. The fourth-order valence-electron chi connectivity index (χ4n) is 1.54. The van der Waals surface area contributed by atoms with Crippen molar-refractivity contribution >= 4 is 0 Å². The fraction of sp³-hybridized carbons (Fsp3) is 0.455. The molecule has 0 saturated carbocycles. The van der Waals surface area contributed by atoms with E-state index in [1.807, 2.05) is 6.92 Å². The maximum atomic E-state index is 12.3. The molecule has 0 radical (unpaired) electrons. The van der Waals surface area contributed by atoms with E-state index in [9.17, 15) is 18.3 Å². The maximum absolute atomic E-state index is 12.3. The number of phenolic OH excluding ortho intramolecular Hbond substituents is 1. The van der Waals surface area contributed by atoms with Crippen LogP contribution in [0.1, 0.15) is 30.4 Å². The molecule has 0 aromatic heterocycles. The Labute approximate surface area is 91.9 Å². The van der Waals surface area contributed by atoms with E-state index in [1.54, 1.807) is 0 Å². The average molecular weight is 233 g/mol. The summed E-state index contributed by atoms with van der Waals surface area (Å²) in [5, 5.41) is 9.51. The summed E-state index contributed by atoms with van der Waals surface area (Å²) in [5.74, 6) is -0.372. The van der Waals surface area contributed by atoms with E-state index >= 15 is 0 Å². The number of aromatic hydroxyl groups is 1. The Morgan fingerprint density at radius 2 is 2.00 bits per heavy atom. The standard InChI is InChI=1S/C11H14F3NO/c1-7(4-5-15)9-3-2-8(6-10(9)16)11(12,13)14/h2-3,6-7,16H,4-5,15H2,1H3. The molecular formula is C11H14F3NO. The second kappa shape index (κ2) is 4.74. The number of phenols is 1. The van der Waals surface area contributed by atoms with Gasteiger partial charge in [-0.25, -0.2) is 0 Å². The lowest BCUT2D eigenvalue weighted by molar-refractivity contribution is -0.137. The van der Waals surface area contributed by atoms with Crippen LogP contribution in [0.5, 0.6) is 5.75 Å². The molecule has 3 N–H and O–H groups in total. The van der Waals surface area contributed by atoms with Crippen molar-refractivity contribution < 1.29 is 18.3 Å². The first-order valence-electron chi connectivity index (χ1n) is 4.96. The maximum Gasteiger partial charge on any atom is 0.416 e. The highest BCUT2D eigenvalue weighted by atomic mass is 19.4. The molecule has 0 fully saturated rings. The minimum Gasteiger partial charge on any atom is -0.508 e. The summed E-state index contributed by atoms with van der Waals surface area (Å²) in [4.78, 5) is 0. The Morgan fingerprint density at radius 3 is 2.44 bits per heavy atom. The number of rotatable bonds is 3. The predicted octanol–water partition coefficient (Wildman–Crippen LogP) is 2.86. The van der Waals surface area contributed by atoms with Gasteiger partial charge in [0.15, 0.2) is 0 Å². The van der Waals surface area contributed by atoms with Crippen LogP contribution in [-0.2, 0) is 6.18 Å². The quantitative estimate of drug-likeness (QED) is 0.843. The van der Waals surface area contributed by atoms with Gasteiger partial charge in [0, 0.05) is 0 Å². The van der Waals surface area contributed by atoms with E-state index in [0.717, 1.165) is 12.1 Å². The van der Waals surface area contributed by atoms with E-state index in [1.165, 1.54) is 6.07 Å². The van der Waals surface area contributed by atoms with E-state index in [4.69, 9.17) is 5.73 Å². The molecule has 90 valence electrons. The minimum absolute atomic E-state index is 0.0488. The Hall–Kier alpha value is -1.23. The molecule has 5 heteroatoms. The zero-order chi connectivity index (χ0) is 12.3. The monoisotopic (exact) mass is 233 g/mol. The van der Waals surface area contributed by atoms with Crippen LogP contribution in [0.2, 0.25) is 0 Å². The van der Waals surface area contributed by atoms with Crippen molar-refractivity contribution in [2.45, 2.75) is 25.4 Å². The summed E-state index contributed by atoms with van der Waals surface area (Å²) in [6.45, 7) is 2.25. The van der Waals surface area contributed by atoms with Crippen molar-refractivity contribution in [1.82, 2.24) is 0 Å². The van der Waals surface area contributed by atoms with Gasteiger partial charge in [0.25, 0.3) is 0 Å². The summed E-state index contributed by atoms with van der Waals surface area (Å²) in [7, 11) is 0. The summed E-state index contributed by atoms with van der Waals surface area (Å²) in [5.41, 5.74) is 5.01. The van der Waals surface area contributed by atoms with Crippen LogP contribution in [0.25, 0.3) is 0 Å². The Bertz CT molecular complexity index is 363. The van der Waals surface area contributed by atoms with Crippen LogP contribution in [-0.4, -0.2) is 11.7 Å². The third-order valence-corrected chi connectivity index (χ3v) is 2.49. The minimum atomic E-state index is -4.42. The average Bonchev–Trinajstić information content (AvgIpc) is 2.16. The molecule has 1 unspecified atom stereocenters. The van der Waals surface area contributed by atoms with E-state index in [0.29, 0.717) is 18.5 Å². The summed E-state index contributed by atoms with van der Waals surface area (Å²) in [6.07, 6.45) is -3.80. The lowest BCUT2D eigenvalue weighted by atomic mass is 9.95. The number of hydrogen-bond donors (Lipinski definition) is 2. The largest absolute Gasteiger partial charge is 0.508 e. The van der Waals surface area contributed by atoms with Crippen LogP contribution in [0, 0.1) is 0 Å². The summed E-state index contributed by atoms with van der Waals surface area (Å²) >= 11 is 0. The van der Waals surface area contributed by atoms with Gasteiger partial charge in [-0.05, 0) is 36.6 Å². The summed E-state index contributed by atoms with van der Waals surface area (Å²) < 4.78 is 37.0. The molecule has 0 saturated heterocycles. The van der Waals surface area contributed by atoms with E-state index in [2.05, 4.69) is 0 Å². The van der Waals surface area contributed by atoms with Crippen molar-refractivity contribution in [1.29, 1.82) is 0 Å². The second-order valence-corrected chi connectivity index (χ2v) is 3.75. The number of hydrogen-bond acceptors (Lipinski definition) is 2. The summed E-state index contributed by atoms with van der Waals surface area (Å²) in [6, 6.07) is 3.03. The van der Waals surface area contributed by atoms with Gasteiger partial charge in [-0.2, -0.15) is 13.2 Å². The molecule has 0 amide bonds. The van der Waals surface area contributed by atoms with Crippen molar-refractivity contribution in [2.24, 2.45) is 5.73 Å². The molecule has 0 aliphatic heterocycles. The lowest BCUT2D eigenvalue weighted by Crippen LogP contribution is -2.07. The Kier molecular flexibility index (Phi) is 3.80. The first-order chi connectivity index (χ1) is 7.36. The molecule has 1 atom stereocenters. The molecule has 0 heterocycles. The van der Waals surface area contributed by atoms with E-state index in [-0.39, 0.29) is 11.7 Å². The first kappa shape index (κ1) is 12.8. The predicted molar refractivity (Wildman–Crippen MR) is 55.2 cm³/mol. The molecule has 0 spiro atoms. The topological polar surface area (TPSA) is 46.2 Å². The third-order valence-electron chi connectivity index (χ3n) is 2.49. The lowest BCUT2D eigenvalue weighted by Gasteiger charge is -2.14. The molecule has 0 aliphatic rings. The van der Waals surface area contributed by atoms with Gasteiger partial charge in [-0.1, -0.05) is 13.0 Å². The van der Waals surface area contributed by atoms with Gasteiger partial charge in [-0.15, -0.1) is 0 Å². The number of benzene rings is 1. The number of nitrogens with two attached hydrogens (primary N) is 1. The second-order valence-electron chi connectivity index (χ2n) is 3.75. The molecule has 0 bridgehead atoms. The van der Waals surface area contributed by atoms with Crippen LogP contribution in [0.4, 0.5) is 13.2 Å². The van der Waals surface area contributed by atoms with Gasteiger partial charge >= 0.3 is 6.18 Å². The zero-order valence-corrected chi connectivity index (χ0v) is 8.88. The highest BCUT2D eigenvalue weighted by Gasteiger charge is 2.31. The zero-order valence-electron chi connectivity index (χ0n) is 8.88. The third kappa shape index (κ3) is 2.88. The van der Waals surface area contributed by atoms with Gasteiger partial charge in [0.1, 0.15) is 5.75 Å². The van der Waals surface area contributed by atoms with Crippen molar-refractivity contribution in [3.05, 3.63) is 29.3 Å². The van der Waals surface area contributed by atoms with Crippen LogP contribution in [0.15, 0.2) is 18.2 Å². The Morgan fingerprint density at radius 1 is 1.38 bits per heavy atom. The van der Waals surface area contributed by atoms with Crippen molar-refractivity contribution in [2.75, 3.05) is 6.54 Å². The van der Waals surface area contributed by atoms with Crippen molar-refractivity contribution in [3.8, 4) is 5.75 Å². The van der Waals surface area contributed by atoms with Gasteiger partial charge in [-0.3, -0.25) is 0 Å². The normalized spacial score (nSPS) is 13.8. The SMILES string of the molecule is CC(CCN)c1ccc(C(F)(F)F)cc1O. The molecule has 1 aromatic carbocycles. The Balaban J connectivity index is 3.00. The van der Waals surface area contributed by atoms with E-state index < -0.39 is 11.7 Å². The number of alkyl halides is 3. The first-order valence-corrected chi connectivity index (χ1v) is 4.96. The molecule has 2 nitrogen and oxygen atoms in total. The highest BCUT2D eigenvalue weighted by Crippen LogP contribution is 2.35. The van der Waals surface area contributed by atoms with Gasteiger partial charge in [0.2, 0.25) is 0 Å². The van der Waals surface area contributed by atoms with Crippen LogP contribution < -0.4 is 5.73 Å². The molecule has 1 aromatic rings. The molecule has 1 rings (SSSR count). The smallest absolute Gasteiger partial charge is 0.416 e. The number of halogens is 3. The van der Waals surface area contributed by atoms with Crippen LogP contribution in [0.3, 0.4) is 0 Å². The van der Waals surface area contributed by atoms with Crippen molar-refractivity contribution in [3.63, 3.8) is 0 Å². The van der Waals surface area contributed by atoms with Gasteiger partial charge < -0.3 is 10.8 Å².